The molecule has 0 unspecified atom stereocenters. The van der Waals surface area contributed by atoms with Gasteiger partial charge in [-0.05, 0) is 25.0 Å². The standard InChI is InChI=1S/C22H32F3N3O4/c1-14-11-28(9-8-22(23,24)25)15(2)13-32-19-10-17(26-16(3)29)6-7-18(19)21(30)27(4)12-20(14)31-5/h6-7,10,14-15,20H,8-9,11-13H2,1-5H3,(H,26,29)/t14-,15+,20-/m0/s1. The maximum Gasteiger partial charge on any atom is 0.390 e. The van der Waals surface area contributed by atoms with Crippen LogP contribution in [0.4, 0.5) is 18.9 Å². The first-order valence-electron chi connectivity index (χ1n) is 10.5. The van der Waals surface area contributed by atoms with Crippen molar-refractivity contribution in [3.8, 4) is 5.75 Å². The predicted octanol–water partition coefficient (Wildman–Crippen LogP) is 3.40. The molecule has 32 heavy (non-hydrogen) atoms. The Morgan fingerprint density at radius 2 is 1.97 bits per heavy atom. The molecule has 0 radical (unpaired) electrons. The molecule has 7 nitrogen and oxygen atoms in total. The van der Waals surface area contributed by atoms with Gasteiger partial charge in [-0.2, -0.15) is 13.2 Å². The number of ether oxygens (including phenoxy) is 2. The molecule has 1 N–H and O–H groups in total. The number of benzene rings is 1. The predicted molar refractivity (Wildman–Crippen MR) is 115 cm³/mol. The molecule has 0 fully saturated rings. The van der Waals surface area contributed by atoms with Crippen LogP contribution in [0.3, 0.4) is 0 Å². The highest BCUT2D eigenvalue weighted by Crippen LogP contribution is 2.27. The summed E-state index contributed by atoms with van der Waals surface area (Å²) >= 11 is 0. The fourth-order valence-corrected chi connectivity index (χ4v) is 3.71. The zero-order valence-corrected chi connectivity index (χ0v) is 19.2. The molecule has 180 valence electrons. The minimum absolute atomic E-state index is 0.0791. The highest BCUT2D eigenvalue weighted by atomic mass is 19.4. The molecule has 0 saturated carbocycles. The Kier molecular flexibility index (Phi) is 8.91. The van der Waals surface area contributed by atoms with Gasteiger partial charge in [-0.1, -0.05) is 6.92 Å². The van der Waals surface area contributed by atoms with Crippen molar-refractivity contribution in [2.24, 2.45) is 5.92 Å². The SMILES string of the molecule is CO[C@H]1CN(C)C(=O)c2ccc(NC(C)=O)cc2OC[C@@H](C)N(CCC(F)(F)F)C[C@@H]1C. The average Bonchev–Trinajstić information content (AvgIpc) is 2.70. The van der Waals surface area contributed by atoms with Crippen LogP contribution >= 0.6 is 0 Å². The number of carbonyl (C=O) groups is 2. The molecule has 10 heteroatoms. The van der Waals surface area contributed by atoms with E-state index in [1.54, 1.807) is 37.1 Å². The van der Waals surface area contributed by atoms with Gasteiger partial charge in [-0.15, -0.1) is 0 Å². The number of methoxy groups -OCH3 is 1. The molecular formula is C22H32F3N3O4. The number of likely N-dealkylation sites (N-methyl/N-ethyl adjacent to an activating group) is 1. The third-order valence-electron chi connectivity index (χ3n) is 5.58. The normalized spacial score (nSPS) is 23.6. The van der Waals surface area contributed by atoms with E-state index in [1.807, 2.05) is 6.92 Å². The lowest BCUT2D eigenvalue weighted by Crippen LogP contribution is -2.47. The van der Waals surface area contributed by atoms with Gasteiger partial charge in [-0.25, -0.2) is 0 Å². The maximum absolute atomic E-state index is 13.1. The summed E-state index contributed by atoms with van der Waals surface area (Å²) in [5.74, 6) is -0.402. The second-order valence-corrected chi connectivity index (χ2v) is 8.35. The molecule has 1 aliphatic heterocycles. The summed E-state index contributed by atoms with van der Waals surface area (Å²) in [5.41, 5.74) is 0.766. The van der Waals surface area contributed by atoms with E-state index in [0.717, 1.165) is 0 Å². The number of halogens is 3. The molecule has 2 amide bonds. The van der Waals surface area contributed by atoms with Crippen molar-refractivity contribution in [2.45, 2.75) is 45.5 Å². The van der Waals surface area contributed by atoms with Gasteiger partial charge in [0.05, 0.1) is 18.1 Å². The molecule has 1 heterocycles. The van der Waals surface area contributed by atoms with Gasteiger partial charge in [0, 0.05) is 58.5 Å². The fraction of sp³-hybridized carbons (Fsp3) is 0.636. The Morgan fingerprint density at radius 1 is 1.28 bits per heavy atom. The van der Waals surface area contributed by atoms with Crippen LogP contribution in [0.25, 0.3) is 0 Å². The molecule has 1 aromatic rings. The van der Waals surface area contributed by atoms with Gasteiger partial charge >= 0.3 is 6.18 Å². The third-order valence-corrected chi connectivity index (χ3v) is 5.58. The Labute approximate surface area is 186 Å². The first-order chi connectivity index (χ1) is 14.9. The summed E-state index contributed by atoms with van der Waals surface area (Å²) in [5, 5.41) is 2.65. The summed E-state index contributed by atoms with van der Waals surface area (Å²) in [6, 6.07) is 4.39. The van der Waals surface area contributed by atoms with Gasteiger partial charge in [0.1, 0.15) is 12.4 Å². The van der Waals surface area contributed by atoms with Gasteiger partial charge in [0.15, 0.2) is 0 Å². The van der Waals surface area contributed by atoms with Gasteiger partial charge in [0.25, 0.3) is 5.91 Å². The van der Waals surface area contributed by atoms with Gasteiger partial charge < -0.3 is 19.7 Å². The van der Waals surface area contributed by atoms with Crippen molar-refractivity contribution in [1.29, 1.82) is 0 Å². The van der Waals surface area contributed by atoms with Gasteiger partial charge in [0.2, 0.25) is 5.91 Å². The number of nitrogens with zero attached hydrogens (tertiary/aromatic N) is 2. The van der Waals surface area contributed by atoms with Crippen LogP contribution in [0.15, 0.2) is 18.2 Å². The number of hydrogen-bond acceptors (Lipinski definition) is 5. The lowest BCUT2D eigenvalue weighted by atomic mass is 10.0. The number of amides is 2. The van der Waals surface area contributed by atoms with Crippen LogP contribution < -0.4 is 10.1 Å². The van der Waals surface area contributed by atoms with Gasteiger partial charge in [-0.3, -0.25) is 14.5 Å². The van der Waals surface area contributed by atoms with E-state index in [0.29, 0.717) is 17.8 Å². The van der Waals surface area contributed by atoms with Crippen LogP contribution in [-0.4, -0.2) is 80.3 Å². The molecule has 0 bridgehead atoms. The van der Waals surface area contributed by atoms with E-state index in [-0.39, 0.29) is 55.3 Å². The smallest absolute Gasteiger partial charge is 0.390 e. The molecule has 3 atom stereocenters. The highest BCUT2D eigenvalue weighted by Gasteiger charge is 2.32. The number of nitrogens with one attached hydrogen (secondary N) is 1. The Bertz CT molecular complexity index is 803. The average molecular weight is 460 g/mol. The zero-order valence-electron chi connectivity index (χ0n) is 19.2. The summed E-state index contributed by atoms with van der Waals surface area (Å²) < 4.78 is 50.2. The van der Waals surface area contributed by atoms with Crippen molar-refractivity contribution in [1.82, 2.24) is 9.80 Å². The monoisotopic (exact) mass is 459 g/mol. The number of anilines is 1. The number of hydrogen-bond donors (Lipinski definition) is 1. The molecule has 0 aliphatic carbocycles. The molecular weight excluding hydrogens is 427 g/mol. The van der Waals surface area contributed by atoms with E-state index in [2.05, 4.69) is 5.32 Å². The first kappa shape index (κ1) is 25.9. The van der Waals surface area contributed by atoms with Crippen molar-refractivity contribution in [3.05, 3.63) is 23.8 Å². The Balaban J connectivity index is 2.39. The van der Waals surface area contributed by atoms with Crippen molar-refractivity contribution < 1.29 is 32.2 Å². The molecule has 0 spiro atoms. The lowest BCUT2D eigenvalue weighted by Gasteiger charge is -2.36. The summed E-state index contributed by atoms with van der Waals surface area (Å²) in [6.07, 6.45) is -5.55. The van der Waals surface area contributed by atoms with Crippen LogP contribution in [0, 0.1) is 5.92 Å². The maximum atomic E-state index is 13.1. The zero-order chi connectivity index (χ0) is 24.1. The van der Waals surface area contributed by atoms with Crippen LogP contribution in [0.2, 0.25) is 0 Å². The molecule has 1 aliphatic rings. The van der Waals surface area contributed by atoms with Crippen LogP contribution in [0.1, 0.15) is 37.6 Å². The summed E-state index contributed by atoms with van der Waals surface area (Å²) in [4.78, 5) is 27.7. The number of alkyl halides is 3. The summed E-state index contributed by atoms with van der Waals surface area (Å²) in [6.45, 7) is 5.61. The largest absolute Gasteiger partial charge is 0.491 e. The number of rotatable bonds is 4. The lowest BCUT2D eigenvalue weighted by molar-refractivity contribution is -0.140. The van der Waals surface area contributed by atoms with Crippen LogP contribution in [0.5, 0.6) is 5.75 Å². The van der Waals surface area contributed by atoms with Crippen molar-refractivity contribution >= 4 is 17.5 Å². The van der Waals surface area contributed by atoms with E-state index in [1.165, 1.54) is 18.9 Å². The first-order valence-corrected chi connectivity index (χ1v) is 10.5. The van der Waals surface area contributed by atoms with Crippen LogP contribution in [-0.2, 0) is 9.53 Å². The number of fused-ring (bicyclic) bond motifs is 1. The molecule has 2 rings (SSSR count). The molecule has 1 aromatic carbocycles. The quantitative estimate of drug-likeness (QED) is 0.747. The fourth-order valence-electron chi connectivity index (χ4n) is 3.71. The second kappa shape index (κ2) is 11.0. The minimum Gasteiger partial charge on any atom is -0.491 e. The Morgan fingerprint density at radius 3 is 2.56 bits per heavy atom. The van der Waals surface area contributed by atoms with E-state index >= 15 is 0 Å². The van der Waals surface area contributed by atoms with Crippen molar-refractivity contribution in [2.75, 3.05) is 45.7 Å². The molecule has 0 aromatic heterocycles. The van der Waals surface area contributed by atoms with E-state index in [4.69, 9.17) is 9.47 Å². The number of carbonyl (C=O) groups excluding carboxylic acids is 2. The second-order valence-electron chi connectivity index (χ2n) is 8.35. The minimum atomic E-state index is -4.26. The molecule has 0 saturated heterocycles. The summed E-state index contributed by atoms with van der Waals surface area (Å²) in [7, 11) is 3.17. The Hall–Kier alpha value is -2.33. The van der Waals surface area contributed by atoms with Crippen molar-refractivity contribution in [3.63, 3.8) is 0 Å². The van der Waals surface area contributed by atoms with E-state index < -0.39 is 12.6 Å². The topological polar surface area (TPSA) is 71.1 Å². The third kappa shape index (κ3) is 7.37. The highest BCUT2D eigenvalue weighted by molar-refractivity contribution is 5.98. The van der Waals surface area contributed by atoms with E-state index in [9.17, 15) is 22.8 Å².